The molecular weight excluding hydrogens is 347 g/mol. The van der Waals surface area contributed by atoms with Crippen molar-refractivity contribution in [1.82, 2.24) is 4.98 Å². The number of halogens is 1. The zero-order chi connectivity index (χ0) is 12.3. The fraction of sp³-hybridized carbons (Fsp3) is 0.250. The molecule has 1 aromatic carbocycles. The number of ether oxygens (including phenoxy) is 1. The fourth-order valence-electron chi connectivity index (χ4n) is 1.47. The standard InChI is InChI=1S/C12H13IN2OS/c1-8-12(17-7-15-8)4-5-16-11-3-2-9(13)6-10(11)14/h2-3,6-7H,4-5,14H2,1H3. The van der Waals surface area contributed by atoms with Crippen molar-refractivity contribution in [2.75, 3.05) is 12.3 Å². The lowest BCUT2D eigenvalue weighted by molar-refractivity contribution is 0.324. The Morgan fingerprint density at radius 1 is 1.47 bits per heavy atom. The van der Waals surface area contributed by atoms with Crippen LogP contribution in [0, 0.1) is 10.5 Å². The van der Waals surface area contributed by atoms with Crippen molar-refractivity contribution in [1.29, 1.82) is 0 Å². The van der Waals surface area contributed by atoms with E-state index in [1.54, 1.807) is 11.3 Å². The van der Waals surface area contributed by atoms with Crippen LogP contribution < -0.4 is 10.5 Å². The highest BCUT2D eigenvalue weighted by atomic mass is 127. The monoisotopic (exact) mass is 360 g/mol. The third kappa shape index (κ3) is 3.32. The zero-order valence-electron chi connectivity index (χ0n) is 9.44. The Balaban J connectivity index is 1.92. The normalized spacial score (nSPS) is 10.5. The number of rotatable bonds is 4. The second kappa shape index (κ2) is 5.68. The van der Waals surface area contributed by atoms with Gasteiger partial charge in [0.05, 0.1) is 23.5 Å². The van der Waals surface area contributed by atoms with Crippen molar-refractivity contribution in [2.45, 2.75) is 13.3 Å². The fourth-order valence-corrected chi connectivity index (χ4v) is 2.75. The molecule has 0 saturated heterocycles. The van der Waals surface area contributed by atoms with E-state index in [1.165, 1.54) is 4.88 Å². The Morgan fingerprint density at radius 3 is 2.94 bits per heavy atom. The first-order valence-corrected chi connectivity index (χ1v) is 7.19. The van der Waals surface area contributed by atoms with Gasteiger partial charge in [0.15, 0.2) is 0 Å². The quantitative estimate of drug-likeness (QED) is 0.673. The minimum atomic E-state index is 0.633. The molecule has 0 amide bonds. The molecular formula is C12H13IN2OS. The van der Waals surface area contributed by atoms with E-state index in [-0.39, 0.29) is 0 Å². The lowest BCUT2D eigenvalue weighted by Gasteiger charge is -2.08. The Morgan fingerprint density at radius 2 is 2.29 bits per heavy atom. The van der Waals surface area contributed by atoms with E-state index in [0.29, 0.717) is 12.3 Å². The number of aryl methyl sites for hydroxylation is 1. The van der Waals surface area contributed by atoms with Crippen LogP contribution in [0.3, 0.4) is 0 Å². The van der Waals surface area contributed by atoms with Crippen LogP contribution in [-0.2, 0) is 6.42 Å². The maximum absolute atomic E-state index is 5.87. The van der Waals surface area contributed by atoms with Gasteiger partial charge in [-0.15, -0.1) is 11.3 Å². The number of anilines is 1. The van der Waals surface area contributed by atoms with Crippen LogP contribution >= 0.6 is 33.9 Å². The van der Waals surface area contributed by atoms with Gasteiger partial charge in [-0.2, -0.15) is 0 Å². The first-order chi connectivity index (χ1) is 8.16. The molecule has 0 aliphatic carbocycles. The average Bonchev–Trinajstić information content (AvgIpc) is 2.68. The predicted octanol–water partition coefficient (Wildman–Crippen LogP) is 3.26. The molecule has 2 rings (SSSR count). The highest BCUT2D eigenvalue weighted by Gasteiger charge is 2.04. The molecule has 0 atom stereocenters. The molecule has 0 spiro atoms. The van der Waals surface area contributed by atoms with Gasteiger partial charge in [-0.25, -0.2) is 4.98 Å². The van der Waals surface area contributed by atoms with E-state index in [9.17, 15) is 0 Å². The van der Waals surface area contributed by atoms with E-state index in [2.05, 4.69) is 27.6 Å². The Bertz CT molecular complexity index is 513. The summed E-state index contributed by atoms with van der Waals surface area (Å²) in [6.07, 6.45) is 0.877. The second-order valence-electron chi connectivity index (χ2n) is 3.64. The summed E-state index contributed by atoms with van der Waals surface area (Å²) in [5, 5.41) is 0. The van der Waals surface area contributed by atoms with Crippen molar-refractivity contribution in [3.8, 4) is 5.75 Å². The van der Waals surface area contributed by atoms with Gasteiger partial charge in [0, 0.05) is 14.9 Å². The summed E-state index contributed by atoms with van der Waals surface area (Å²) in [5.74, 6) is 0.757. The number of hydrogen-bond donors (Lipinski definition) is 1. The number of thiazole rings is 1. The molecule has 0 unspecified atom stereocenters. The maximum Gasteiger partial charge on any atom is 0.142 e. The van der Waals surface area contributed by atoms with Crippen LogP contribution in [0.5, 0.6) is 5.75 Å². The van der Waals surface area contributed by atoms with Gasteiger partial charge in [-0.3, -0.25) is 0 Å². The predicted molar refractivity (Wildman–Crippen MR) is 79.6 cm³/mol. The lowest BCUT2D eigenvalue weighted by Crippen LogP contribution is -2.03. The van der Waals surface area contributed by atoms with Gasteiger partial charge in [0.1, 0.15) is 5.75 Å². The highest BCUT2D eigenvalue weighted by molar-refractivity contribution is 14.1. The molecule has 3 nitrogen and oxygen atoms in total. The van der Waals surface area contributed by atoms with Crippen molar-refractivity contribution in [3.63, 3.8) is 0 Å². The summed E-state index contributed by atoms with van der Waals surface area (Å²) in [5.41, 5.74) is 9.52. The minimum Gasteiger partial charge on any atom is -0.491 e. The van der Waals surface area contributed by atoms with Crippen LogP contribution in [0.4, 0.5) is 5.69 Å². The van der Waals surface area contributed by atoms with Crippen molar-refractivity contribution >= 4 is 39.6 Å². The maximum atomic E-state index is 5.87. The van der Waals surface area contributed by atoms with E-state index in [0.717, 1.165) is 21.4 Å². The summed E-state index contributed by atoms with van der Waals surface area (Å²) in [6, 6.07) is 5.81. The van der Waals surface area contributed by atoms with Crippen LogP contribution in [0.1, 0.15) is 10.6 Å². The average molecular weight is 360 g/mol. The summed E-state index contributed by atoms with van der Waals surface area (Å²) in [6.45, 7) is 2.65. The largest absolute Gasteiger partial charge is 0.491 e. The third-order valence-corrected chi connectivity index (χ3v) is 4.07. The SMILES string of the molecule is Cc1ncsc1CCOc1ccc(I)cc1N. The van der Waals surface area contributed by atoms with Crippen LogP contribution in [0.2, 0.25) is 0 Å². The van der Waals surface area contributed by atoms with E-state index < -0.39 is 0 Å². The molecule has 1 heterocycles. The van der Waals surface area contributed by atoms with Gasteiger partial charge >= 0.3 is 0 Å². The van der Waals surface area contributed by atoms with Crippen LogP contribution in [-0.4, -0.2) is 11.6 Å². The molecule has 5 heteroatoms. The van der Waals surface area contributed by atoms with Gasteiger partial charge in [-0.05, 0) is 47.7 Å². The number of aromatic nitrogens is 1. The van der Waals surface area contributed by atoms with Gasteiger partial charge < -0.3 is 10.5 Å². The van der Waals surface area contributed by atoms with E-state index in [4.69, 9.17) is 10.5 Å². The first-order valence-electron chi connectivity index (χ1n) is 5.23. The van der Waals surface area contributed by atoms with Crippen LogP contribution in [0.25, 0.3) is 0 Å². The smallest absolute Gasteiger partial charge is 0.142 e. The molecule has 0 aliphatic heterocycles. The topological polar surface area (TPSA) is 48.1 Å². The summed E-state index contributed by atoms with van der Waals surface area (Å²) in [7, 11) is 0. The van der Waals surface area contributed by atoms with Crippen LogP contribution in [0.15, 0.2) is 23.7 Å². The lowest BCUT2D eigenvalue weighted by atomic mass is 10.3. The molecule has 90 valence electrons. The summed E-state index contributed by atoms with van der Waals surface area (Å²) in [4.78, 5) is 5.48. The molecule has 1 aromatic heterocycles. The molecule has 0 radical (unpaired) electrons. The Labute approximate surface area is 118 Å². The Kier molecular flexibility index (Phi) is 4.22. The Hall–Kier alpha value is -0.820. The molecule has 17 heavy (non-hydrogen) atoms. The number of nitrogens with two attached hydrogens (primary N) is 1. The van der Waals surface area contributed by atoms with Crippen molar-refractivity contribution < 1.29 is 4.74 Å². The molecule has 0 aliphatic rings. The number of benzene rings is 1. The van der Waals surface area contributed by atoms with E-state index in [1.807, 2.05) is 30.6 Å². The molecule has 2 N–H and O–H groups in total. The number of nitrogen functional groups attached to an aromatic ring is 1. The van der Waals surface area contributed by atoms with Gasteiger partial charge in [0.2, 0.25) is 0 Å². The first kappa shape index (κ1) is 12.6. The third-order valence-electron chi connectivity index (χ3n) is 2.40. The molecule has 0 fully saturated rings. The molecule has 0 bridgehead atoms. The van der Waals surface area contributed by atoms with Gasteiger partial charge in [-0.1, -0.05) is 0 Å². The molecule has 0 saturated carbocycles. The van der Waals surface area contributed by atoms with Crippen molar-refractivity contribution in [3.05, 3.63) is 37.9 Å². The minimum absolute atomic E-state index is 0.633. The van der Waals surface area contributed by atoms with E-state index >= 15 is 0 Å². The molecule has 2 aromatic rings. The highest BCUT2D eigenvalue weighted by Crippen LogP contribution is 2.23. The van der Waals surface area contributed by atoms with Gasteiger partial charge in [0.25, 0.3) is 0 Å². The zero-order valence-corrected chi connectivity index (χ0v) is 12.4. The summed E-state index contributed by atoms with van der Waals surface area (Å²) >= 11 is 3.90. The summed E-state index contributed by atoms with van der Waals surface area (Å²) < 4.78 is 6.79. The number of hydrogen-bond acceptors (Lipinski definition) is 4. The second-order valence-corrected chi connectivity index (χ2v) is 5.83. The van der Waals surface area contributed by atoms with Crippen molar-refractivity contribution in [2.24, 2.45) is 0 Å². The number of nitrogens with zero attached hydrogens (tertiary/aromatic N) is 1.